The lowest BCUT2D eigenvalue weighted by Gasteiger charge is -2.17. The largest absolute Gasteiger partial charge is 0.309 e. The summed E-state index contributed by atoms with van der Waals surface area (Å²) in [6.45, 7) is 7.23. The van der Waals surface area contributed by atoms with Crippen LogP contribution in [0.1, 0.15) is 49.5 Å². The van der Waals surface area contributed by atoms with Crippen LogP contribution in [0.3, 0.4) is 0 Å². The van der Waals surface area contributed by atoms with Crippen LogP contribution in [-0.2, 0) is 12.8 Å². The van der Waals surface area contributed by atoms with E-state index in [9.17, 15) is 4.79 Å². The number of aromatic amines is 1. The van der Waals surface area contributed by atoms with E-state index in [0.717, 1.165) is 41.3 Å². The molecule has 2 aromatic rings. The van der Waals surface area contributed by atoms with Crippen molar-refractivity contribution < 1.29 is 0 Å². The Morgan fingerprint density at radius 2 is 2.35 bits per heavy atom. The molecule has 1 aliphatic carbocycles. The van der Waals surface area contributed by atoms with Gasteiger partial charge in [0.15, 0.2) is 0 Å². The number of hydrogen-bond donors (Lipinski definition) is 2. The molecule has 0 saturated carbocycles. The van der Waals surface area contributed by atoms with Gasteiger partial charge < -0.3 is 10.3 Å². The zero-order valence-electron chi connectivity index (χ0n) is 12.2. The number of nitrogens with one attached hydrogen (secondary N) is 2. The number of thiophene rings is 1. The molecule has 0 aromatic carbocycles. The van der Waals surface area contributed by atoms with E-state index >= 15 is 0 Å². The van der Waals surface area contributed by atoms with Gasteiger partial charge in [0.1, 0.15) is 10.7 Å². The Bertz CT molecular complexity index is 688. The standard InChI is InChI=1S/C15H21N3OS/c1-4-16-9(3)13-17-14(19)12-10-6-5-8(2)7-11(10)20-15(12)18-13/h8-9,16H,4-7H2,1-3H3,(H,17,18,19)/t8-,9-/m0/s1. The predicted octanol–water partition coefficient (Wildman–Crippen LogP) is 2.78. The molecule has 5 heteroatoms. The van der Waals surface area contributed by atoms with Crippen molar-refractivity contribution in [2.75, 3.05) is 6.54 Å². The molecule has 1 aliphatic rings. The second-order valence-corrected chi connectivity index (χ2v) is 6.85. The van der Waals surface area contributed by atoms with Crippen molar-refractivity contribution in [3.05, 3.63) is 26.6 Å². The van der Waals surface area contributed by atoms with Crippen molar-refractivity contribution >= 4 is 21.6 Å². The Morgan fingerprint density at radius 3 is 3.10 bits per heavy atom. The molecule has 20 heavy (non-hydrogen) atoms. The molecular weight excluding hydrogens is 270 g/mol. The minimum Gasteiger partial charge on any atom is -0.309 e. The van der Waals surface area contributed by atoms with E-state index < -0.39 is 0 Å². The molecule has 2 aromatic heterocycles. The molecule has 108 valence electrons. The van der Waals surface area contributed by atoms with Crippen LogP contribution in [0.5, 0.6) is 0 Å². The first-order valence-electron chi connectivity index (χ1n) is 7.38. The van der Waals surface area contributed by atoms with E-state index in [1.165, 1.54) is 16.9 Å². The minimum absolute atomic E-state index is 0.0295. The van der Waals surface area contributed by atoms with Crippen LogP contribution in [0, 0.1) is 5.92 Å². The first-order valence-corrected chi connectivity index (χ1v) is 8.19. The first kappa shape index (κ1) is 13.8. The van der Waals surface area contributed by atoms with Crippen LogP contribution in [-0.4, -0.2) is 16.5 Å². The van der Waals surface area contributed by atoms with Crippen molar-refractivity contribution in [3.63, 3.8) is 0 Å². The van der Waals surface area contributed by atoms with E-state index in [-0.39, 0.29) is 11.6 Å². The molecule has 2 heterocycles. The van der Waals surface area contributed by atoms with Gasteiger partial charge in [0, 0.05) is 4.88 Å². The van der Waals surface area contributed by atoms with Crippen LogP contribution in [0.15, 0.2) is 4.79 Å². The Kier molecular flexibility index (Phi) is 3.65. The van der Waals surface area contributed by atoms with Gasteiger partial charge in [-0.25, -0.2) is 4.98 Å². The summed E-state index contributed by atoms with van der Waals surface area (Å²) in [6, 6.07) is 0.0788. The summed E-state index contributed by atoms with van der Waals surface area (Å²) in [5.74, 6) is 1.46. The van der Waals surface area contributed by atoms with Crippen LogP contribution in [0.4, 0.5) is 0 Å². The molecular formula is C15H21N3OS. The molecule has 0 bridgehead atoms. The Labute approximate surface area is 122 Å². The third kappa shape index (κ3) is 2.29. The van der Waals surface area contributed by atoms with Gasteiger partial charge in [0.25, 0.3) is 5.56 Å². The fourth-order valence-electron chi connectivity index (χ4n) is 2.97. The van der Waals surface area contributed by atoms with Gasteiger partial charge in [-0.05, 0) is 44.2 Å². The van der Waals surface area contributed by atoms with Crippen LogP contribution < -0.4 is 10.9 Å². The molecule has 0 saturated heterocycles. The molecule has 0 spiro atoms. The third-order valence-electron chi connectivity index (χ3n) is 4.10. The van der Waals surface area contributed by atoms with Gasteiger partial charge in [-0.3, -0.25) is 4.79 Å². The van der Waals surface area contributed by atoms with E-state index in [0.29, 0.717) is 0 Å². The first-order chi connectivity index (χ1) is 9.60. The number of H-pyrrole nitrogens is 1. The Balaban J connectivity index is 2.12. The number of fused-ring (bicyclic) bond motifs is 3. The lowest BCUT2D eigenvalue weighted by Crippen LogP contribution is -2.23. The fraction of sp³-hybridized carbons (Fsp3) is 0.600. The lowest BCUT2D eigenvalue weighted by atomic mass is 9.89. The molecule has 0 radical (unpaired) electrons. The van der Waals surface area contributed by atoms with Crippen molar-refractivity contribution in [1.82, 2.24) is 15.3 Å². The zero-order valence-corrected chi connectivity index (χ0v) is 13.1. The highest BCUT2D eigenvalue weighted by atomic mass is 32.1. The molecule has 0 aliphatic heterocycles. The van der Waals surface area contributed by atoms with Crippen LogP contribution in [0.2, 0.25) is 0 Å². The number of rotatable bonds is 3. The number of nitrogens with zero attached hydrogens (tertiary/aromatic N) is 1. The quantitative estimate of drug-likeness (QED) is 0.914. The summed E-state index contributed by atoms with van der Waals surface area (Å²) in [7, 11) is 0. The maximum absolute atomic E-state index is 12.4. The predicted molar refractivity (Wildman–Crippen MR) is 83.5 cm³/mol. The van der Waals surface area contributed by atoms with Gasteiger partial charge >= 0.3 is 0 Å². The van der Waals surface area contributed by atoms with E-state index in [2.05, 4.69) is 29.1 Å². The maximum atomic E-state index is 12.4. The Hall–Kier alpha value is -1.20. The Morgan fingerprint density at radius 1 is 1.55 bits per heavy atom. The average Bonchev–Trinajstić information content (AvgIpc) is 2.76. The number of aromatic nitrogens is 2. The highest BCUT2D eigenvalue weighted by molar-refractivity contribution is 7.18. The van der Waals surface area contributed by atoms with Gasteiger partial charge in [-0.1, -0.05) is 13.8 Å². The van der Waals surface area contributed by atoms with Crippen LogP contribution >= 0.6 is 11.3 Å². The van der Waals surface area contributed by atoms with Gasteiger partial charge in [0.05, 0.1) is 11.4 Å². The summed E-state index contributed by atoms with van der Waals surface area (Å²) >= 11 is 1.71. The summed E-state index contributed by atoms with van der Waals surface area (Å²) in [5.41, 5.74) is 1.28. The van der Waals surface area contributed by atoms with Crippen molar-refractivity contribution in [1.29, 1.82) is 0 Å². The summed E-state index contributed by atoms with van der Waals surface area (Å²) in [4.78, 5) is 22.3. The second kappa shape index (κ2) is 5.30. The molecule has 4 nitrogen and oxygen atoms in total. The summed E-state index contributed by atoms with van der Waals surface area (Å²) in [5, 5.41) is 4.13. The molecule has 3 rings (SSSR count). The number of hydrogen-bond acceptors (Lipinski definition) is 4. The van der Waals surface area contributed by atoms with E-state index in [1.54, 1.807) is 11.3 Å². The average molecular weight is 291 g/mol. The summed E-state index contributed by atoms with van der Waals surface area (Å²) < 4.78 is 0. The SMILES string of the molecule is CCN[C@@H](C)c1nc2sc3c(c2c(=O)[nH]1)CC[C@H](C)C3. The smallest absolute Gasteiger partial charge is 0.259 e. The molecule has 2 N–H and O–H groups in total. The highest BCUT2D eigenvalue weighted by Crippen LogP contribution is 2.35. The number of aryl methyl sites for hydroxylation is 1. The normalized spacial score (nSPS) is 20.1. The van der Waals surface area contributed by atoms with Gasteiger partial charge in [0.2, 0.25) is 0 Å². The molecule has 0 fully saturated rings. The molecule has 2 atom stereocenters. The van der Waals surface area contributed by atoms with Crippen LogP contribution in [0.25, 0.3) is 10.2 Å². The van der Waals surface area contributed by atoms with Crippen molar-refractivity contribution in [2.45, 2.75) is 46.1 Å². The van der Waals surface area contributed by atoms with E-state index in [1.807, 2.05) is 6.92 Å². The highest BCUT2D eigenvalue weighted by Gasteiger charge is 2.23. The monoisotopic (exact) mass is 291 g/mol. The van der Waals surface area contributed by atoms with Gasteiger partial charge in [-0.2, -0.15) is 0 Å². The lowest BCUT2D eigenvalue weighted by molar-refractivity contribution is 0.509. The van der Waals surface area contributed by atoms with E-state index in [4.69, 9.17) is 0 Å². The van der Waals surface area contributed by atoms with Crippen molar-refractivity contribution in [2.24, 2.45) is 5.92 Å². The van der Waals surface area contributed by atoms with Crippen molar-refractivity contribution in [3.8, 4) is 0 Å². The maximum Gasteiger partial charge on any atom is 0.259 e. The fourth-order valence-corrected chi connectivity index (χ4v) is 4.36. The molecule has 0 unspecified atom stereocenters. The minimum atomic E-state index is 0.0295. The zero-order chi connectivity index (χ0) is 14.3. The summed E-state index contributed by atoms with van der Waals surface area (Å²) in [6.07, 6.45) is 3.28. The van der Waals surface area contributed by atoms with Gasteiger partial charge in [-0.15, -0.1) is 11.3 Å². The topological polar surface area (TPSA) is 57.8 Å². The molecule has 0 amide bonds. The third-order valence-corrected chi connectivity index (χ3v) is 5.25. The second-order valence-electron chi connectivity index (χ2n) is 5.76.